The second-order valence-corrected chi connectivity index (χ2v) is 8.44. The lowest BCUT2D eigenvalue weighted by Gasteiger charge is -2.23. The van der Waals surface area contributed by atoms with Crippen molar-refractivity contribution in [1.29, 1.82) is 0 Å². The number of likely N-dealkylation sites (N-methyl/N-ethyl adjacent to an activating group) is 1. The van der Waals surface area contributed by atoms with Gasteiger partial charge in [-0.1, -0.05) is 43.3 Å². The van der Waals surface area contributed by atoms with E-state index in [0.717, 1.165) is 16.5 Å². The predicted octanol–water partition coefficient (Wildman–Crippen LogP) is 2.53. The molecule has 0 fully saturated rings. The van der Waals surface area contributed by atoms with Crippen molar-refractivity contribution in [3.05, 3.63) is 42.5 Å². The average molecular weight is 348 g/mol. The van der Waals surface area contributed by atoms with Crippen LogP contribution in [0.15, 0.2) is 42.5 Å². The third-order valence-electron chi connectivity index (χ3n) is 4.14. The van der Waals surface area contributed by atoms with Crippen LogP contribution in [0.25, 0.3) is 10.8 Å². The van der Waals surface area contributed by atoms with Crippen molar-refractivity contribution in [3.63, 3.8) is 0 Å². The molecule has 0 unspecified atom stereocenters. The maximum Gasteiger partial charge on any atom is 0.238 e. The zero-order chi connectivity index (χ0) is 17.7. The summed E-state index contributed by atoms with van der Waals surface area (Å²) in [7, 11) is -1.30. The highest BCUT2D eigenvalue weighted by Gasteiger charge is 2.19. The van der Waals surface area contributed by atoms with Crippen molar-refractivity contribution < 1.29 is 13.2 Å². The van der Waals surface area contributed by atoms with Gasteiger partial charge in [0.1, 0.15) is 0 Å². The Labute approximate surface area is 143 Å². The van der Waals surface area contributed by atoms with Gasteiger partial charge in [0, 0.05) is 22.9 Å². The Morgan fingerprint density at radius 1 is 1.17 bits per heavy atom. The van der Waals surface area contributed by atoms with Crippen LogP contribution in [-0.2, 0) is 14.6 Å². The van der Waals surface area contributed by atoms with Crippen LogP contribution in [0.3, 0.4) is 0 Å². The highest BCUT2D eigenvalue weighted by molar-refractivity contribution is 7.91. The molecule has 2 rings (SSSR count). The number of anilines is 1. The molecule has 0 aliphatic heterocycles. The smallest absolute Gasteiger partial charge is 0.238 e. The van der Waals surface area contributed by atoms with Gasteiger partial charge in [0.15, 0.2) is 9.84 Å². The van der Waals surface area contributed by atoms with Crippen LogP contribution in [0.1, 0.15) is 13.8 Å². The first kappa shape index (κ1) is 18.4. The molecule has 0 saturated heterocycles. The van der Waals surface area contributed by atoms with E-state index in [9.17, 15) is 13.2 Å². The van der Waals surface area contributed by atoms with E-state index in [0.29, 0.717) is 0 Å². The molecule has 24 heavy (non-hydrogen) atoms. The first-order chi connectivity index (χ1) is 11.3. The first-order valence-corrected chi connectivity index (χ1v) is 9.83. The van der Waals surface area contributed by atoms with Gasteiger partial charge in [0.05, 0.1) is 12.3 Å². The fourth-order valence-corrected chi connectivity index (χ4v) is 3.74. The highest BCUT2D eigenvalue weighted by atomic mass is 32.2. The molecule has 0 aliphatic rings. The SMILES string of the molecule is CCS(=O)(=O)C[C@H](C)N(C)CC(=O)Nc1cccc2ccccc12. The van der Waals surface area contributed by atoms with E-state index in [-0.39, 0.29) is 30.0 Å². The lowest BCUT2D eigenvalue weighted by Crippen LogP contribution is -2.40. The number of nitrogens with one attached hydrogen (secondary N) is 1. The maximum atomic E-state index is 12.3. The summed E-state index contributed by atoms with van der Waals surface area (Å²) in [4.78, 5) is 14.1. The third-order valence-corrected chi connectivity index (χ3v) is 6.01. The van der Waals surface area contributed by atoms with E-state index < -0.39 is 9.84 Å². The van der Waals surface area contributed by atoms with Crippen molar-refractivity contribution in [1.82, 2.24) is 4.90 Å². The number of rotatable bonds is 7. The third kappa shape index (κ3) is 4.79. The van der Waals surface area contributed by atoms with Crippen LogP contribution in [0.5, 0.6) is 0 Å². The van der Waals surface area contributed by atoms with Gasteiger partial charge in [0.2, 0.25) is 5.91 Å². The first-order valence-electron chi connectivity index (χ1n) is 8.00. The molecule has 0 bridgehead atoms. The number of fused-ring (bicyclic) bond motifs is 1. The molecular formula is C18H24N2O3S. The Balaban J connectivity index is 2.02. The van der Waals surface area contributed by atoms with Crippen molar-refractivity contribution in [2.75, 3.05) is 30.4 Å². The standard InChI is InChI=1S/C18H24N2O3S/c1-4-24(22,23)13-14(2)20(3)12-18(21)19-17-11-7-9-15-8-5-6-10-16(15)17/h5-11,14H,4,12-13H2,1-3H3,(H,19,21)/t14-/m0/s1. The minimum absolute atomic E-state index is 0.0571. The molecule has 0 saturated carbocycles. The van der Waals surface area contributed by atoms with E-state index in [2.05, 4.69) is 5.32 Å². The van der Waals surface area contributed by atoms with Crippen molar-refractivity contribution in [3.8, 4) is 0 Å². The Kier molecular flexibility index (Phi) is 5.96. The van der Waals surface area contributed by atoms with Crippen LogP contribution in [0, 0.1) is 0 Å². The van der Waals surface area contributed by atoms with Gasteiger partial charge in [-0.25, -0.2) is 8.42 Å². The zero-order valence-electron chi connectivity index (χ0n) is 14.3. The molecule has 0 aromatic heterocycles. The number of nitrogens with zero attached hydrogens (tertiary/aromatic N) is 1. The summed E-state index contributed by atoms with van der Waals surface area (Å²) in [6.07, 6.45) is 0. The van der Waals surface area contributed by atoms with Gasteiger partial charge >= 0.3 is 0 Å². The summed E-state index contributed by atoms with van der Waals surface area (Å²) < 4.78 is 23.4. The number of benzene rings is 2. The van der Waals surface area contributed by atoms with E-state index in [1.807, 2.05) is 49.4 Å². The fraction of sp³-hybridized carbons (Fsp3) is 0.389. The highest BCUT2D eigenvalue weighted by Crippen LogP contribution is 2.22. The molecule has 2 aromatic carbocycles. The van der Waals surface area contributed by atoms with Gasteiger partial charge < -0.3 is 5.32 Å². The summed E-state index contributed by atoms with van der Waals surface area (Å²) >= 11 is 0. The maximum absolute atomic E-state index is 12.3. The topological polar surface area (TPSA) is 66.5 Å². The number of sulfone groups is 1. The molecule has 1 N–H and O–H groups in total. The number of hydrogen-bond donors (Lipinski definition) is 1. The number of hydrogen-bond acceptors (Lipinski definition) is 4. The Morgan fingerprint density at radius 2 is 1.83 bits per heavy atom. The second kappa shape index (κ2) is 7.77. The summed E-state index contributed by atoms with van der Waals surface area (Å²) in [5.74, 6) is 0.0177. The molecule has 1 atom stereocenters. The van der Waals surface area contributed by atoms with Crippen molar-refractivity contribution in [2.45, 2.75) is 19.9 Å². The van der Waals surface area contributed by atoms with Crippen molar-refractivity contribution >= 4 is 32.2 Å². The molecule has 1 amide bonds. The lowest BCUT2D eigenvalue weighted by molar-refractivity contribution is -0.117. The van der Waals surface area contributed by atoms with Crippen LogP contribution in [0.2, 0.25) is 0 Å². The molecule has 5 nitrogen and oxygen atoms in total. The zero-order valence-corrected chi connectivity index (χ0v) is 15.1. The van der Waals surface area contributed by atoms with Gasteiger partial charge in [-0.05, 0) is 25.4 Å². The molecular weight excluding hydrogens is 324 g/mol. The normalized spacial score (nSPS) is 13.2. The second-order valence-electron chi connectivity index (χ2n) is 6.04. The minimum atomic E-state index is -3.06. The molecule has 2 aromatic rings. The fourth-order valence-electron chi connectivity index (χ4n) is 2.52. The van der Waals surface area contributed by atoms with Crippen LogP contribution < -0.4 is 5.32 Å². The van der Waals surface area contributed by atoms with Crippen LogP contribution >= 0.6 is 0 Å². The summed E-state index contributed by atoms with van der Waals surface area (Å²) in [6.45, 7) is 3.59. The average Bonchev–Trinajstić information content (AvgIpc) is 2.54. The molecule has 6 heteroatoms. The largest absolute Gasteiger partial charge is 0.324 e. The van der Waals surface area contributed by atoms with E-state index in [4.69, 9.17) is 0 Å². The quantitative estimate of drug-likeness (QED) is 0.835. The van der Waals surface area contributed by atoms with E-state index in [1.54, 1.807) is 18.9 Å². The molecule has 130 valence electrons. The Hall–Kier alpha value is -1.92. The summed E-state index contributed by atoms with van der Waals surface area (Å²) in [6, 6.07) is 13.4. The number of amides is 1. The van der Waals surface area contributed by atoms with Gasteiger partial charge in [-0.3, -0.25) is 9.69 Å². The minimum Gasteiger partial charge on any atom is -0.324 e. The number of carbonyl (C=O) groups is 1. The lowest BCUT2D eigenvalue weighted by atomic mass is 10.1. The van der Waals surface area contributed by atoms with Gasteiger partial charge in [-0.15, -0.1) is 0 Å². The Bertz CT molecular complexity index is 813. The number of carbonyl (C=O) groups excluding carboxylic acids is 1. The van der Waals surface area contributed by atoms with Crippen LogP contribution in [0.4, 0.5) is 5.69 Å². The summed E-state index contributed by atoms with van der Waals surface area (Å²) in [5, 5.41) is 4.96. The molecule has 0 radical (unpaired) electrons. The van der Waals surface area contributed by atoms with E-state index in [1.165, 1.54) is 0 Å². The van der Waals surface area contributed by atoms with Gasteiger partial charge in [0.25, 0.3) is 0 Å². The van der Waals surface area contributed by atoms with E-state index >= 15 is 0 Å². The van der Waals surface area contributed by atoms with Crippen LogP contribution in [-0.4, -0.2) is 50.4 Å². The summed E-state index contributed by atoms with van der Waals surface area (Å²) in [5.41, 5.74) is 0.764. The van der Waals surface area contributed by atoms with Crippen molar-refractivity contribution in [2.24, 2.45) is 0 Å². The predicted molar refractivity (Wildman–Crippen MR) is 99.0 cm³/mol. The monoisotopic (exact) mass is 348 g/mol. The molecule has 0 aliphatic carbocycles. The molecule has 0 heterocycles. The Morgan fingerprint density at radius 3 is 2.54 bits per heavy atom. The molecule has 0 spiro atoms. The van der Waals surface area contributed by atoms with Gasteiger partial charge in [-0.2, -0.15) is 0 Å².